The maximum Gasteiger partial charge on any atom is 0.293 e. The van der Waals surface area contributed by atoms with Crippen LogP contribution in [-0.2, 0) is 31.8 Å². The number of ether oxygens (including phenoxy) is 3. The molecular formula is C20H32N2O4. The minimum absolute atomic E-state index is 0.345. The van der Waals surface area contributed by atoms with Crippen molar-refractivity contribution in [1.82, 2.24) is 9.78 Å². The lowest BCUT2D eigenvalue weighted by Crippen LogP contribution is -2.31. The Morgan fingerprint density at radius 2 is 1.96 bits per heavy atom. The second kappa shape index (κ2) is 9.51. The molecule has 1 aromatic heterocycles. The van der Waals surface area contributed by atoms with Gasteiger partial charge in [0.25, 0.3) is 6.47 Å². The van der Waals surface area contributed by atoms with Crippen LogP contribution in [0.3, 0.4) is 0 Å². The number of hydrogen-bond acceptors (Lipinski definition) is 5. The number of carbonyl (C=O) groups is 1. The van der Waals surface area contributed by atoms with Crippen LogP contribution in [0, 0.1) is 0 Å². The molecule has 0 N–H and O–H groups in total. The second-order valence-electron chi connectivity index (χ2n) is 7.40. The molecule has 2 aliphatic carbocycles. The molecule has 6 heteroatoms. The van der Waals surface area contributed by atoms with Crippen LogP contribution >= 0.6 is 0 Å². The zero-order valence-corrected chi connectivity index (χ0v) is 16.0. The van der Waals surface area contributed by atoms with E-state index in [2.05, 4.69) is 15.6 Å². The Balaban J connectivity index is 0.000000349. The summed E-state index contributed by atoms with van der Waals surface area (Å²) in [5, 5.41) is 4.76. The Morgan fingerprint density at radius 3 is 2.58 bits per heavy atom. The summed E-state index contributed by atoms with van der Waals surface area (Å²) in [5.41, 5.74) is 2.82. The van der Waals surface area contributed by atoms with Gasteiger partial charge in [-0.15, -0.1) is 0 Å². The Bertz CT molecular complexity index is 558. The standard InChI is InChI=1S/C17H26N2O2.C3H6O2/c1-2-4-7-15(6-3-1)19-16-8-5-9-17(20-10-11-21-17)12-14(16)13-18-19;1-2-5-3-4/h13,15H,1-12H2;3H,2H2,1H3. The fourth-order valence-electron chi connectivity index (χ4n) is 4.38. The van der Waals surface area contributed by atoms with Crippen LogP contribution in [0.25, 0.3) is 0 Å². The van der Waals surface area contributed by atoms with Crippen molar-refractivity contribution in [2.75, 3.05) is 19.8 Å². The first-order chi connectivity index (χ1) is 12.8. The van der Waals surface area contributed by atoms with E-state index in [-0.39, 0.29) is 5.79 Å². The highest BCUT2D eigenvalue weighted by atomic mass is 16.7. The van der Waals surface area contributed by atoms with Crippen LogP contribution in [0.5, 0.6) is 0 Å². The van der Waals surface area contributed by atoms with Crippen LogP contribution < -0.4 is 0 Å². The second-order valence-corrected chi connectivity index (χ2v) is 7.40. The van der Waals surface area contributed by atoms with Gasteiger partial charge in [0, 0.05) is 18.5 Å². The van der Waals surface area contributed by atoms with Crippen molar-refractivity contribution >= 4 is 6.47 Å². The number of carbonyl (C=O) groups excluding carboxylic acids is 1. The molecule has 0 amide bonds. The van der Waals surface area contributed by atoms with Crippen LogP contribution in [0.15, 0.2) is 6.20 Å². The maximum atomic E-state index is 9.18. The van der Waals surface area contributed by atoms with E-state index in [1.807, 2.05) is 0 Å². The summed E-state index contributed by atoms with van der Waals surface area (Å²) in [6, 6.07) is 0.621. The number of aromatic nitrogens is 2. The average Bonchev–Trinajstić information content (AvgIpc) is 3.09. The van der Waals surface area contributed by atoms with Gasteiger partial charge >= 0.3 is 0 Å². The zero-order chi connectivity index (χ0) is 18.2. The van der Waals surface area contributed by atoms with Crippen LogP contribution in [0.4, 0.5) is 0 Å². The van der Waals surface area contributed by atoms with Crippen molar-refractivity contribution in [3.63, 3.8) is 0 Å². The van der Waals surface area contributed by atoms with E-state index in [1.165, 1.54) is 49.8 Å². The summed E-state index contributed by atoms with van der Waals surface area (Å²) < 4.78 is 18.4. The summed E-state index contributed by atoms with van der Waals surface area (Å²) in [4.78, 5) is 9.18. The van der Waals surface area contributed by atoms with Gasteiger partial charge in [0.1, 0.15) is 0 Å². The smallest absolute Gasteiger partial charge is 0.293 e. The Kier molecular flexibility index (Phi) is 7.08. The largest absolute Gasteiger partial charge is 0.468 e. The summed E-state index contributed by atoms with van der Waals surface area (Å²) in [6.45, 7) is 4.15. The molecule has 26 heavy (non-hydrogen) atoms. The topological polar surface area (TPSA) is 62.6 Å². The minimum atomic E-state index is -0.345. The zero-order valence-electron chi connectivity index (χ0n) is 16.0. The summed E-state index contributed by atoms with van der Waals surface area (Å²) >= 11 is 0. The summed E-state index contributed by atoms with van der Waals surface area (Å²) in [5.74, 6) is -0.345. The molecule has 0 bridgehead atoms. The maximum absolute atomic E-state index is 9.18. The van der Waals surface area contributed by atoms with Gasteiger partial charge in [-0.1, -0.05) is 25.7 Å². The van der Waals surface area contributed by atoms with E-state index in [4.69, 9.17) is 14.6 Å². The first-order valence-electron chi connectivity index (χ1n) is 10.2. The average molecular weight is 364 g/mol. The van der Waals surface area contributed by atoms with E-state index < -0.39 is 0 Å². The molecule has 4 rings (SSSR count). The monoisotopic (exact) mass is 364 g/mol. The van der Waals surface area contributed by atoms with E-state index >= 15 is 0 Å². The molecule has 1 aliphatic heterocycles. The Morgan fingerprint density at radius 1 is 1.23 bits per heavy atom. The van der Waals surface area contributed by atoms with Gasteiger partial charge in [0.05, 0.1) is 32.1 Å². The van der Waals surface area contributed by atoms with Gasteiger partial charge in [-0.2, -0.15) is 5.10 Å². The van der Waals surface area contributed by atoms with E-state index in [0.717, 1.165) is 38.9 Å². The molecule has 3 aliphatic rings. The molecule has 1 saturated heterocycles. The fraction of sp³-hybridized carbons (Fsp3) is 0.800. The van der Waals surface area contributed by atoms with Gasteiger partial charge < -0.3 is 14.2 Å². The summed E-state index contributed by atoms with van der Waals surface area (Å²) in [7, 11) is 0. The molecule has 1 spiro atoms. The van der Waals surface area contributed by atoms with Crippen LogP contribution in [0.1, 0.15) is 75.6 Å². The Labute approximate surface area is 156 Å². The fourth-order valence-corrected chi connectivity index (χ4v) is 4.38. The van der Waals surface area contributed by atoms with E-state index in [1.54, 1.807) is 6.92 Å². The van der Waals surface area contributed by atoms with Crippen molar-refractivity contribution in [1.29, 1.82) is 0 Å². The van der Waals surface area contributed by atoms with Crippen LogP contribution in [-0.4, -0.2) is 41.9 Å². The van der Waals surface area contributed by atoms with Gasteiger partial charge in [-0.05, 0) is 38.2 Å². The molecule has 0 atom stereocenters. The lowest BCUT2D eigenvalue weighted by molar-refractivity contribution is -0.160. The molecule has 2 fully saturated rings. The third-order valence-electron chi connectivity index (χ3n) is 5.64. The first kappa shape index (κ1) is 19.4. The van der Waals surface area contributed by atoms with Gasteiger partial charge in [-0.25, -0.2) is 0 Å². The molecular weight excluding hydrogens is 332 g/mol. The number of rotatable bonds is 3. The predicted octanol–water partition coefficient (Wildman–Crippen LogP) is 3.58. The van der Waals surface area contributed by atoms with Gasteiger partial charge in [0.15, 0.2) is 5.79 Å². The normalized spacial score (nSPS) is 22.7. The quantitative estimate of drug-likeness (QED) is 0.606. The van der Waals surface area contributed by atoms with Gasteiger partial charge in [-0.3, -0.25) is 9.48 Å². The lowest BCUT2D eigenvalue weighted by atomic mass is 10.1. The van der Waals surface area contributed by atoms with Gasteiger partial charge in [0.2, 0.25) is 0 Å². The highest BCUT2D eigenvalue weighted by molar-refractivity contribution is 5.36. The van der Waals surface area contributed by atoms with Crippen molar-refractivity contribution in [2.24, 2.45) is 0 Å². The number of nitrogens with zero attached hydrogens (tertiary/aromatic N) is 2. The third kappa shape index (κ3) is 4.65. The van der Waals surface area contributed by atoms with E-state index in [9.17, 15) is 4.79 Å². The van der Waals surface area contributed by atoms with Crippen molar-refractivity contribution in [3.05, 3.63) is 17.5 Å². The molecule has 1 saturated carbocycles. The lowest BCUT2D eigenvalue weighted by Gasteiger charge is -2.25. The van der Waals surface area contributed by atoms with Crippen molar-refractivity contribution < 1.29 is 19.0 Å². The molecule has 6 nitrogen and oxygen atoms in total. The minimum Gasteiger partial charge on any atom is -0.468 e. The molecule has 0 unspecified atom stereocenters. The Hall–Kier alpha value is -1.40. The first-order valence-corrected chi connectivity index (χ1v) is 10.2. The van der Waals surface area contributed by atoms with E-state index in [0.29, 0.717) is 19.1 Å². The molecule has 0 aromatic carbocycles. The predicted molar refractivity (Wildman–Crippen MR) is 97.9 cm³/mol. The molecule has 2 heterocycles. The van der Waals surface area contributed by atoms with Crippen molar-refractivity contribution in [2.45, 2.75) is 83.0 Å². The van der Waals surface area contributed by atoms with Crippen LogP contribution in [0.2, 0.25) is 0 Å². The highest BCUT2D eigenvalue weighted by Crippen LogP contribution is 2.36. The molecule has 146 valence electrons. The third-order valence-corrected chi connectivity index (χ3v) is 5.64. The SMILES string of the molecule is CCOC=O.c1nn(C2CCCCCC2)c2c1CC1(CCC2)OCCO1. The number of hydrogen-bond donors (Lipinski definition) is 0. The summed E-state index contributed by atoms with van der Waals surface area (Å²) in [6.07, 6.45) is 14.4. The number of fused-ring (bicyclic) bond motifs is 1. The van der Waals surface area contributed by atoms with Crippen molar-refractivity contribution in [3.8, 4) is 0 Å². The molecule has 0 radical (unpaired) electrons. The highest BCUT2D eigenvalue weighted by Gasteiger charge is 2.39. The molecule has 1 aromatic rings.